The number of fused-ring (bicyclic) bond motifs is 1. The van der Waals surface area contributed by atoms with Gasteiger partial charge in [-0.3, -0.25) is 4.90 Å². The van der Waals surface area contributed by atoms with E-state index < -0.39 is 10.0 Å². The van der Waals surface area contributed by atoms with Crippen LogP contribution in [0.25, 0.3) is 0 Å². The highest BCUT2D eigenvalue weighted by atomic mass is 32.2. The molecule has 0 bridgehead atoms. The highest BCUT2D eigenvalue weighted by molar-refractivity contribution is 7.89. The van der Waals surface area contributed by atoms with Crippen molar-refractivity contribution in [2.45, 2.75) is 10.9 Å². The molecule has 0 unspecified atom stereocenters. The Morgan fingerprint density at radius 3 is 2.32 bits per heavy atom. The first-order valence-corrected chi connectivity index (χ1v) is 12.7. The van der Waals surface area contributed by atoms with Crippen LogP contribution in [0.1, 0.15) is 11.6 Å². The maximum absolute atomic E-state index is 13.3. The lowest BCUT2D eigenvalue weighted by Gasteiger charge is -2.40. The van der Waals surface area contributed by atoms with Crippen molar-refractivity contribution in [2.75, 3.05) is 44.4 Å². The molecule has 3 aromatic carbocycles. The van der Waals surface area contributed by atoms with Crippen LogP contribution in [0.15, 0.2) is 77.7 Å². The number of nitrogens with zero attached hydrogens (tertiary/aromatic N) is 2. The van der Waals surface area contributed by atoms with E-state index >= 15 is 0 Å². The summed E-state index contributed by atoms with van der Waals surface area (Å²) in [5.74, 6) is 1.10. The molecule has 2 aliphatic heterocycles. The van der Waals surface area contributed by atoms with E-state index in [-0.39, 0.29) is 30.1 Å². The SMILES string of the molecule is O=S(=O)(NC[C@H](c1ccc2c(c1)OCO2)N1CCN(c2ccc(F)cc2)CC1)c1ccccc1. The molecule has 0 aliphatic carbocycles. The van der Waals surface area contributed by atoms with Crippen LogP contribution in [0.3, 0.4) is 0 Å². The molecule has 0 saturated carbocycles. The number of nitrogens with one attached hydrogen (secondary N) is 1. The number of halogens is 1. The van der Waals surface area contributed by atoms with E-state index in [0.717, 1.165) is 37.4 Å². The van der Waals surface area contributed by atoms with E-state index in [0.29, 0.717) is 11.5 Å². The van der Waals surface area contributed by atoms with Crippen LogP contribution in [-0.4, -0.2) is 52.8 Å². The van der Waals surface area contributed by atoms with Gasteiger partial charge in [-0.15, -0.1) is 0 Å². The van der Waals surface area contributed by atoms with Gasteiger partial charge in [0.1, 0.15) is 5.82 Å². The molecule has 9 heteroatoms. The minimum Gasteiger partial charge on any atom is -0.454 e. The molecule has 7 nitrogen and oxygen atoms in total. The van der Waals surface area contributed by atoms with Crippen molar-refractivity contribution in [3.05, 3.63) is 84.2 Å². The molecule has 1 N–H and O–H groups in total. The molecule has 3 aromatic rings. The zero-order valence-corrected chi connectivity index (χ0v) is 19.4. The molecule has 0 aromatic heterocycles. The minimum atomic E-state index is -3.65. The molecule has 0 amide bonds. The zero-order chi connectivity index (χ0) is 23.5. The summed E-state index contributed by atoms with van der Waals surface area (Å²) in [6, 6.07) is 20.4. The van der Waals surface area contributed by atoms with Crippen molar-refractivity contribution < 1.29 is 22.3 Å². The average Bonchev–Trinajstić information content (AvgIpc) is 3.34. The fourth-order valence-electron chi connectivity index (χ4n) is 4.39. The number of sulfonamides is 1. The third kappa shape index (κ3) is 4.86. The van der Waals surface area contributed by atoms with Gasteiger partial charge in [-0.1, -0.05) is 24.3 Å². The van der Waals surface area contributed by atoms with Gasteiger partial charge in [0.25, 0.3) is 0 Å². The topological polar surface area (TPSA) is 71.1 Å². The predicted octanol–water partition coefficient (Wildman–Crippen LogP) is 3.40. The second-order valence-corrected chi connectivity index (χ2v) is 10.1. The summed E-state index contributed by atoms with van der Waals surface area (Å²) in [4.78, 5) is 4.71. The molecule has 1 fully saturated rings. The summed E-state index contributed by atoms with van der Waals surface area (Å²) in [5.41, 5.74) is 1.93. The van der Waals surface area contributed by atoms with Crippen LogP contribution >= 0.6 is 0 Å². The number of hydrogen-bond acceptors (Lipinski definition) is 6. The number of hydrogen-bond donors (Lipinski definition) is 1. The van der Waals surface area contributed by atoms with Crippen molar-refractivity contribution in [3.8, 4) is 11.5 Å². The Morgan fingerprint density at radius 2 is 1.59 bits per heavy atom. The number of ether oxygens (including phenoxy) is 2. The van der Waals surface area contributed by atoms with Gasteiger partial charge in [0.15, 0.2) is 11.5 Å². The average molecular weight is 484 g/mol. The summed E-state index contributed by atoms with van der Waals surface area (Å²) in [7, 11) is -3.65. The molecule has 1 saturated heterocycles. The van der Waals surface area contributed by atoms with Gasteiger partial charge in [-0.2, -0.15) is 0 Å². The maximum atomic E-state index is 13.3. The third-order valence-electron chi connectivity index (χ3n) is 6.25. The molecule has 0 radical (unpaired) electrons. The Hall–Kier alpha value is -3.14. The predicted molar refractivity (Wildman–Crippen MR) is 127 cm³/mol. The molecule has 2 aliphatic rings. The Balaban J connectivity index is 1.35. The third-order valence-corrected chi connectivity index (χ3v) is 7.69. The van der Waals surface area contributed by atoms with Crippen LogP contribution < -0.4 is 19.1 Å². The van der Waals surface area contributed by atoms with Crippen molar-refractivity contribution in [2.24, 2.45) is 0 Å². The second kappa shape index (κ2) is 9.61. The number of rotatable bonds is 7. The van der Waals surface area contributed by atoms with Crippen LogP contribution in [0.5, 0.6) is 11.5 Å². The highest BCUT2D eigenvalue weighted by Gasteiger charge is 2.28. The van der Waals surface area contributed by atoms with Gasteiger partial charge in [0.05, 0.1) is 4.90 Å². The van der Waals surface area contributed by atoms with Gasteiger partial charge in [0, 0.05) is 44.5 Å². The Kier molecular flexibility index (Phi) is 6.40. The maximum Gasteiger partial charge on any atom is 0.240 e. The molecule has 5 rings (SSSR count). The fourth-order valence-corrected chi connectivity index (χ4v) is 5.45. The monoisotopic (exact) mass is 483 g/mol. The molecule has 178 valence electrons. The van der Waals surface area contributed by atoms with E-state index in [1.807, 2.05) is 18.2 Å². The first-order valence-electron chi connectivity index (χ1n) is 11.2. The summed E-state index contributed by atoms with van der Waals surface area (Å²) in [6.45, 7) is 3.34. The summed E-state index contributed by atoms with van der Waals surface area (Å²) >= 11 is 0. The molecule has 1 atom stereocenters. The van der Waals surface area contributed by atoms with Crippen molar-refractivity contribution in [1.29, 1.82) is 0 Å². The van der Waals surface area contributed by atoms with Crippen molar-refractivity contribution in [3.63, 3.8) is 0 Å². The van der Waals surface area contributed by atoms with Crippen molar-refractivity contribution in [1.82, 2.24) is 9.62 Å². The van der Waals surface area contributed by atoms with Crippen LogP contribution in [0, 0.1) is 5.82 Å². The summed E-state index contributed by atoms with van der Waals surface area (Å²) < 4.78 is 52.9. The van der Waals surface area contributed by atoms with E-state index in [1.54, 1.807) is 42.5 Å². The lowest BCUT2D eigenvalue weighted by atomic mass is 10.0. The Labute approximate surface area is 198 Å². The first kappa shape index (κ1) is 22.6. The zero-order valence-electron chi connectivity index (χ0n) is 18.6. The Morgan fingerprint density at radius 1 is 0.882 bits per heavy atom. The smallest absolute Gasteiger partial charge is 0.240 e. The summed E-state index contributed by atoms with van der Waals surface area (Å²) in [6.07, 6.45) is 0. The van der Waals surface area contributed by atoms with Gasteiger partial charge in [-0.05, 0) is 54.1 Å². The summed E-state index contributed by atoms with van der Waals surface area (Å²) in [5, 5.41) is 0. The van der Waals surface area contributed by atoms with E-state index in [9.17, 15) is 12.8 Å². The molecular formula is C25H26FN3O4S. The van der Waals surface area contributed by atoms with E-state index in [2.05, 4.69) is 14.5 Å². The standard InChI is InChI=1S/C25H26FN3O4S/c26-20-7-9-21(10-8-20)28-12-14-29(15-13-28)23(19-6-11-24-25(16-19)33-18-32-24)17-27-34(30,31)22-4-2-1-3-5-22/h1-11,16,23,27H,12-15,17-18H2/t23-/m1/s1. The van der Waals surface area contributed by atoms with Gasteiger partial charge >= 0.3 is 0 Å². The van der Waals surface area contributed by atoms with Crippen LogP contribution in [-0.2, 0) is 10.0 Å². The molecule has 34 heavy (non-hydrogen) atoms. The first-order chi connectivity index (χ1) is 16.5. The lowest BCUT2D eigenvalue weighted by Crippen LogP contribution is -2.49. The molecule has 2 heterocycles. The highest BCUT2D eigenvalue weighted by Crippen LogP contribution is 2.36. The minimum absolute atomic E-state index is 0.181. The van der Waals surface area contributed by atoms with Gasteiger partial charge in [0.2, 0.25) is 16.8 Å². The van der Waals surface area contributed by atoms with Crippen LogP contribution in [0.2, 0.25) is 0 Å². The normalized spacial score (nSPS) is 17.0. The van der Waals surface area contributed by atoms with Gasteiger partial charge in [-0.25, -0.2) is 17.5 Å². The fraction of sp³-hybridized carbons (Fsp3) is 0.280. The largest absolute Gasteiger partial charge is 0.454 e. The van der Waals surface area contributed by atoms with E-state index in [1.165, 1.54) is 12.1 Å². The van der Waals surface area contributed by atoms with Crippen molar-refractivity contribution >= 4 is 15.7 Å². The van der Waals surface area contributed by atoms with Gasteiger partial charge < -0.3 is 14.4 Å². The second-order valence-electron chi connectivity index (χ2n) is 8.29. The molecule has 0 spiro atoms. The number of piperazine rings is 1. The Bertz CT molecular complexity index is 1230. The number of anilines is 1. The van der Waals surface area contributed by atoms with Crippen LogP contribution in [0.4, 0.5) is 10.1 Å². The lowest BCUT2D eigenvalue weighted by molar-refractivity contribution is 0.173. The molecular weight excluding hydrogens is 457 g/mol. The van der Waals surface area contributed by atoms with E-state index in [4.69, 9.17) is 9.47 Å². The quantitative estimate of drug-likeness (QED) is 0.556. The number of benzene rings is 3.